The Hall–Kier alpha value is -3.30. The highest BCUT2D eigenvalue weighted by Crippen LogP contribution is 2.44. The number of carbonyl (C=O) groups excluding carboxylic acids is 1. The van der Waals surface area contributed by atoms with Crippen LogP contribution in [-0.4, -0.2) is 34.0 Å². The highest BCUT2D eigenvalue weighted by atomic mass is 16.5. The van der Waals surface area contributed by atoms with Gasteiger partial charge in [-0.05, 0) is 51.1 Å². The molecule has 1 aliphatic rings. The van der Waals surface area contributed by atoms with Crippen LogP contribution in [0, 0.1) is 11.3 Å². The van der Waals surface area contributed by atoms with Gasteiger partial charge in [0.25, 0.3) is 0 Å². The van der Waals surface area contributed by atoms with Crippen LogP contribution in [0.1, 0.15) is 48.4 Å². The summed E-state index contributed by atoms with van der Waals surface area (Å²) in [6, 6.07) is 16.0. The fourth-order valence-corrected chi connectivity index (χ4v) is 3.95. The van der Waals surface area contributed by atoms with Crippen molar-refractivity contribution >= 4 is 16.9 Å². The number of aliphatic hydroxyl groups excluding tert-OH is 1. The molecule has 2 atom stereocenters. The van der Waals surface area contributed by atoms with E-state index in [4.69, 9.17) is 9.47 Å². The maximum atomic E-state index is 12.8. The highest BCUT2D eigenvalue weighted by Gasteiger charge is 2.45. The van der Waals surface area contributed by atoms with Gasteiger partial charge in [0.2, 0.25) is 0 Å². The number of rotatable bonds is 3. The molecule has 0 amide bonds. The molecule has 6 nitrogen and oxygen atoms in total. The summed E-state index contributed by atoms with van der Waals surface area (Å²) >= 11 is 0. The molecule has 0 fully saturated rings. The summed E-state index contributed by atoms with van der Waals surface area (Å²) in [5.41, 5.74) is 1.36. The Kier molecular flexibility index (Phi) is 4.56. The molecule has 0 radical (unpaired) electrons. The fraction of sp³-hybridized carbons (Fsp3) is 0.304. The molecule has 0 saturated heterocycles. The van der Waals surface area contributed by atoms with Gasteiger partial charge in [-0.3, -0.25) is 0 Å². The third-order valence-corrected chi connectivity index (χ3v) is 5.35. The Labute approximate surface area is 168 Å². The first kappa shape index (κ1) is 19.0. The number of aliphatic hydroxyl groups is 1. The van der Waals surface area contributed by atoms with E-state index in [0.29, 0.717) is 22.6 Å². The maximum absolute atomic E-state index is 12.8. The molecule has 0 spiro atoms. The van der Waals surface area contributed by atoms with Gasteiger partial charge in [0.05, 0.1) is 24.3 Å². The van der Waals surface area contributed by atoms with Crippen molar-refractivity contribution in [2.24, 2.45) is 0 Å². The standard InChI is InChI=1S/C23H22N2O4/c1-4-28-22(27)18-12-15-7-5-6-8-17(15)25(18)20-16-11-14(13-24)9-10-19(16)29-23(2,3)21(20)26/h5-12,20-21,26H,4H2,1-3H3/t20-,21+/m1/s1. The molecule has 1 aromatic heterocycles. The molecule has 4 rings (SSSR count). The van der Waals surface area contributed by atoms with E-state index in [1.54, 1.807) is 31.2 Å². The van der Waals surface area contributed by atoms with Gasteiger partial charge in [-0.1, -0.05) is 18.2 Å². The van der Waals surface area contributed by atoms with Gasteiger partial charge in [0.1, 0.15) is 23.1 Å². The largest absolute Gasteiger partial charge is 0.485 e. The summed E-state index contributed by atoms with van der Waals surface area (Å²) in [6.45, 7) is 5.62. The number of benzene rings is 2. The van der Waals surface area contributed by atoms with Gasteiger partial charge in [-0.15, -0.1) is 0 Å². The summed E-state index contributed by atoms with van der Waals surface area (Å²) in [7, 11) is 0. The van der Waals surface area contributed by atoms with Crippen molar-refractivity contribution in [1.82, 2.24) is 4.57 Å². The normalized spacial score (nSPS) is 19.8. The van der Waals surface area contributed by atoms with Crippen LogP contribution >= 0.6 is 0 Å². The van der Waals surface area contributed by atoms with Gasteiger partial charge in [-0.2, -0.15) is 5.26 Å². The average Bonchev–Trinajstić information content (AvgIpc) is 3.08. The van der Waals surface area contributed by atoms with E-state index >= 15 is 0 Å². The van der Waals surface area contributed by atoms with Crippen molar-refractivity contribution in [3.63, 3.8) is 0 Å². The first-order chi connectivity index (χ1) is 13.9. The molecule has 1 N–H and O–H groups in total. The zero-order chi connectivity index (χ0) is 20.8. The van der Waals surface area contributed by atoms with E-state index < -0.39 is 23.7 Å². The number of fused-ring (bicyclic) bond motifs is 2. The maximum Gasteiger partial charge on any atom is 0.354 e. The molecule has 1 aliphatic heterocycles. The number of esters is 1. The molecule has 148 valence electrons. The van der Waals surface area contributed by atoms with Gasteiger partial charge >= 0.3 is 5.97 Å². The Morgan fingerprint density at radius 1 is 1.28 bits per heavy atom. The number of hydrogen-bond donors (Lipinski definition) is 1. The Balaban J connectivity index is 2.03. The number of ether oxygens (including phenoxy) is 2. The lowest BCUT2D eigenvalue weighted by molar-refractivity contribution is -0.0633. The number of aromatic nitrogens is 1. The third-order valence-electron chi connectivity index (χ3n) is 5.35. The third kappa shape index (κ3) is 3.04. The monoisotopic (exact) mass is 390 g/mol. The predicted molar refractivity (Wildman–Crippen MR) is 108 cm³/mol. The van der Waals surface area contributed by atoms with Crippen molar-refractivity contribution < 1.29 is 19.4 Å². The van der Waals surface area contributed by atoms with Crippen molar-refractivity contribution in [3.05, 3.63) is 65.4 Å². The quantitative estimate of drug-likeness (QED) is 0.688. The van der Waals surface area contributed by atoms with Crippen LogP contribution in [0.5, 0.6) is 5.75 Å². The molecule has 0 aliphatic carbocycles. The minimum absolute atomic E-state index is 0.247. The van der Waals surface area contributed by atoms with Crippen molar-refractivity contribution in [2.45, 2.75) is 38.5 Å². The minimum atomic E-state index is -0.965. The lowest BCUT2D eigenvalue weighted by Gasteiger charge is -2.43. The van der Waals surface area contributed by atoms with E-state index in [0.717, 1.165) is 10.9 Å². The van der Waals surface area contributed by atoms with Crippen LogP contribution in [0.2, 0.25) is 0 Å². The SMILES string of the molecule is CCOC(=O)c1cc2ccccc2n1[C@@H]1c2cc(C#N)ccc2OC(C)(C)[C@H]1O. The Bertz CT molecular complexity index is 1140. The van der Waals surface area contributed by atoms with Crippen LogP contribution in [0.15, 0.2) is 48.5 Å². The molecule has 3 aromatic rings. The van der Waals surface area contributed by atoms with Crippen molar-refractivity contribution in [1.29, 1.82) is 5.26 Å². The van der Waals surface area contributed by atoms with Crippen LogP contribution < -0.4 is 4.74 Å². The summed E-state index contributed by atoms with van der Waals surface area (Å²) in [6.07, 6.45) is -0.965. The van der Waals surface area contributed by atoms with E-state index in [2.05, 4.69) is 6.07 Å². The molecule has 6 heteroatoms. The van der Waals surface area contributed by atoms with Crippen LogP contribution in [0.4, 0.5) is 0 Å². The van der Waals surface area contributed by atoms with Gasteiger partial charge in [0.15, 0.2) is 0 Å². The first-order valence-electron chi connectivity index (χ1n) is 9.55. The number of carbonyl (C=O) groups is 1. The molecule has 2 aromatic carbocycles. The number of hydrogen-bond acceptors (Lipinski definition) is 5. The zero-order valence-electron chi connectivity index (χ0n) is 16.5. The summed E-state index contributed by atoms with van der Waals surface area (Å²) in [5.74, 6) is 0.120. The van der Waals surface area contributed by atoms with Gasteiger partial charge in [-0.25, -0.2) is 4.79 Å². The van der Waals surface area contributed by atoms with Crippen LogP contribution in [-0.2, 0) is 4.74 Å². The summed E-state index contributed by atoms with van der Waals surface area (Å²) < 4.78 is 13.1. The van der Waals surface area contributed by atoms with E-state index in [1.807, 2.05) is 42.7 Å². The molecule has 29 heavy (non-hydrogen) atoms. The zero-order valence-corrected chi connectivity index (χ0v) is 16.5. The second-order valence-corrected chi connectivity index (χ2v) is 7.64. The lowest BCUT2D eigenvalue weighted by atomic mass is 9.85. The second kappa shape index (κ2) is 6.94. The number of nitrogens with zero attached hydrogens (tertiary/aromatic N) is 2. The van der Waals surface area contributed by atoms with E-state index in [1.165, 1.54) is 0 Å². The summed E-state index contributed by atoms with van der Waals surface area (Å²) in [5, 5.41) is 21.5. The van der Waals surface area contributed by atoms with Crippen molar-refractivity contribution in [2.75, 3.05) is 6.61 Å². The second-order valence-electron chi connectivity index (χ2n) is 7.64. The Morgan fingerprint density at radius 3 is 2.76 bits per heavy atom. The topological polar surface area (TPSA) is 84.5 Å². The van der Waals surface area contributed by atoms with Crippen molar-refractivity contribution in [3.8, 4) is 11.8 Å². The lowest BCUT2D eigenvalue weighted by Crippen LogP contribution is -2.51. The molecular weight excluding hydrogens is 368 g/mol. The average molecular weight is 390 g/mol. The summed E-state index contributed by atoms with van der Waals surface area (Å²) in [4.78, 5) is 12.8. The molecule has 2 heterocycles. The van der Waals surface area contributed by atoms with Crippen LogP contribution in [0.3, 0.4) is 0 Å². The van der Waals surface area contributed by atoms with Crippen LogP contribution in [0.25, 0.3) is 10.9 Å². The molecule has 0 saturated carbocycles. The smallest absolute Gasteiger partial charge is 0.354 e. The Morgan fingerprint density at radius 2 is 2.03 bits per heavy atom. The van der Waals surface area contributed by atoms with E-state index in [-0.39, 0.29) is 6.61 Å². The highest BCUT2D eigenvalue weighted by molar-refractivity contribution is 5.96. The number of nitriles is 1. The molecular formula is C23H22N2O4. The first-order valence-corrected chi connectivity index (χ1v) is 9.55. The number of para-hydroxylation sites is 1. The fourth-order valence-electron chi connectivity index (χ4n) is 3.95. The van der Waals surface area contributed by atoms with Gasteiger partial charge < -0.3 is 19.1 Å². The predicted octanol–water partition coefficient (Wildman–Crippen LogP) is 3.81. The van der Waals surface area contributed by atoms with Gasteiger partial charge in [0, 0.05) is 16.5 Å². The minimum Gasteiger partial charge on any atom is -0.485 e. The molecule has 0 unspecified atom stereocenters. The van der Waals surface area contributed by atoms with E-state index in [9.17, 15) is 15.2 Å². The molecule has 0 bridgehead atoms.